The molecule has 0 spiro atoms. The largest absolute Gasteiger partial charge is 0.461 e. The molecule has 5 N–H and O–H groups in total. The SMILES string of the molecule is CCCCCCCCCCCC(CC(=O)OCc1ccccc1)OC(=O)[C@@H](NC(=O)[C@@H](CC(C)C)NC(=O)[C@H](CC(=O)OC(C)(C)C)NC(=O)[C@@H](NC(=O)[C@@H](C)NC(=O)OCC1c2ccccc2-c2ccccc21)C(C)C)[C@@H](C)CC. The van der Waals surface area contributed by atoms with Gasteiger partial charge in [0, 0.05) is 5.92 Å². The van der Waals surface area contributed by atoms with Gasteiger partial charge in [0.15, 0.2) is 0 Å². The molecule has 5 amide bonds. The Labute approximate surface area is 481 Å². The highest BCUT2D eigenvalue weighted by atomic mass is 16.6. The van der Waals surface area contributed by atoms with Gasteiger partial charge in [0.05, 0.1) is 12.8 Å². The van der Waals surface area contributed by atoms with Crippen LogP contribution in [0.2, 0.25) is 0 Å². The number of alkyl carbamates (subject to hydrolysis) is 1. The van der Waals surface area contributed by atoms with E-state index in [0.29, 0.717) is 19.3 Å². The van der Waals surface area contributed by atoms with E-state index >= 15 is 0 Å². The first kappa shape index (κ1) is 66.7. The summed E-state index contributed by atoms with van der Waals surface area (Å²) in [6, 6.07) is 18.6. The summed E-state index contributed by atoms with van der Waals surface area (Å²) in [5.74, 6) is -6.57. The van der Waals surface area contributed by atoms with Crippen LogP contribution in [0.5, 0.6) is 0 Å². The van der Waals surface area contributed by atoms with E-state index in [9.17, 15) is 38.4 Å². The Kier molecular flexibility index (Phi) is 27.9. The van der Waals surface area contributed by atoms with Crippen LogP contribution < -0.4 is 26.6 Å². The van der Waals surface area contributed by atoms with Crippen molar-refractivity contribution in [3.05, 3.63) is 95.6 Å². The van der Waals surface area contributed by atoms with Crippen molar-refractivity contribution < 1.29 is 57.3 Å². The van der Waals surface area contributed by atoms with Crippen LogP contribution in [0.25, 0.3) is 11.1 Å². The molecule has 446 valence electrons. The number of fused-ring (bicyclic) bond motifs is 3. The number of esters is 3. The Morgan fingerprint density at radius 3 is 1.67 bits per heavy atom. The second kappa shape index (κ2) is 33.8. The number of unbranched alkanes of at least 4 members (excludes halogenated alkanes) is 8. The van der Waals surface area contributed by atoms with E-state index in [1.54, 1.807) is 41.5 Å². The number of rotatable bonds is 34. The Morgan fingerprint density at radius 1 is 0.556 bits per heavy atom. The summed E-state index contributed by atoms with van der Waals surface area (Å²) in [6.07, 6.45) is 8.23. The average Bonchev–Trinajstić information content (AvgIpc) is 3.80. The quantitative estimate of drug-likeness (QED) is 0.0214. The zero-order valence-corrected chi connectivity index (χ0v) is 50.0. The Hall–Kier alpha value is -6.78. The number of amides is 5. The van der Waals surface area contributed by atoms with Crippen molar-refractivity contribution in [2.45, 2.75) is 220 Å². The second-order valence-electron chi connectivity index (χ2n) is 23.4. The normalized spacial score (nSPS) is 14.6. The number of carbonyl (C=O) groups excluding carboxylic acids is 8. The van der Waals surface area contributed by atoms with Crippen LogP contribution >= 0.6 is 0 Å². The average molecular weight is 1120 g/mol. The maximum atomic E-state index is 14.4. The van der Waals surface area contributed by atoms with Gasteiger partial charge in [-0.3, -0.25) is 28.8 Å². The van der Waals surface area contributed by atoms with Crippen molar-refractivity contribution in [2.24, 2.45) is 17.8 Å². The molecule has 1 unspecified atom stereocenters. The van der Waals surface area contributed by atoms with Crippen LogP contribution in [-0.4, -0.2) is 96.2 Å². The molecule has 1 aliphatic carbocycles. The van der Waals surface area contributed by atoms with Crippen LogP contribution in [0.3, 0.4) is 0 Å². The molecule has 7 atom stereocenters. The molecule has 0 heterocycles. The molecule has 0 saturated carbocycles. The summed E-state index contributed by atoms with van der Waals surface area (Å²) in [5, 5.41) is 13.4. The van der Waals surface area contributed by atoms with Crippen LogP contribution in [-0.2, 0) is 59.1 Å². The van der Waals surface area contributed by atoms with Gasteiger partial charge in [-0.2, -0.15) is 0 Å². The van der Waals surface area contributed by atoms with E-state index in [4.69, 9.17) is 18.9 Å². The van der Waals surface area contributed by atoms with Gasteiger partial charge in [-0.15, -0.1) is 0 Å². The van der Waals surface area contributed by atoms with E-state index in [-0.39, 0.29) is 37.9 Å². The lowest BCUT2D eigenvalue weighted by Gasteiger charge is -2.30. The van der Waals surface area contributed by atoms with E-state index in [1.165, 1.54) is 32.6 Å². The summed E-state index contributed by atoms with van der Waals surface area (Å²) in [5.41, 5.74) is 4.03. The minimum absolute atomic E-state index is 0.0203. The van der Waals surface area contributed by atoms with E-state index in [1.807, 2.05) is 99.6 Å². The van der Waals surface area contributed by atoms with Crippen molar-refractivity contribution in [2.75, 3.05) is 6.61 Å². The molecular formula is C64H93N5O12. The lowest BCUT2D eigenvalue weighted by atomic mass is 9.97. The van der Waals surface area contributed by atoms with E-state index < -0.39 is 108 Å². The Morgan fingerprint density at radius 2 is 1.10 bits per heavy atom. The highest BCUT2D eigenvalue weighted by Gasteiger charge is 2.37. The third kappa shape index (κ3) is 22.9. The molecule has 0 fully saturated rings. The molecule has 0 bridgehead atoms. The predicted molar refractivity (Wildman–Crippen MR) is 312 cm³/mol. The van der Waals surface area contributed by atoms with Crippen LogP contribution in [0, 0.1) is 17.8 Å². The first-order valence-corrected chi connectivity index (χ1v) is 29.5. The van der Waals surface area contributed by atoms with E-state index in [2.05, 4.69) is 33.5 Å². The molecule has 17 nitrogen and oxygen atoms in total. The van der Waals surface area contributed by atoms with Gasteiger partial charge in [-0.25, -0.2) is 9.59 Å². The smallest absolute Gasteiger partial charge is 0.407 e. The van der Waals surface area contributed by atoms with E-state index in [0.717, 1.165) is 53.5 Å². The standard InChI is InChI=1S/C64H93N5O12/c1-12-14-15-16-17-18-19-20-24-31-46(37-54(70)78-39-45-29-22-21-23-30-45)80-62(76)57(43(7)13-2)69-60(74)52(36-41(3)4)66-59(73)53(38-55(71)81-64(9,10)11)67-61(75)56(42(5)6)68-58(72)44(8)65-63(77)79-40-51-49-34-27-25-32-47(49)48-33-26-28-35-50(48)51/h21-23,25-30,32-35,41-44,46,51-53,56-57H,12-20,24,31,36-40H2,1-11H3,(H,65,77)(H,66,73)(H,67,75)(H,68,72)(H,69,74)/t43-,44+,46?,52+,53-,56-,57-/m0/s1. The summed E-state index contributed by atoms with van der Waals surface area (Å²) in [7, 11) is 0. The predicted octanol–water partition coefficient (Wildman–Crippen LogP) is 10.3. The number of ether oxygens (including phenoxy) is 4. The lowest BCUT2D eigenvalue weighted by molar-refractivity contribution is -0.160. The number of carbonyl (C=O) groups is 8. The highest BCUT2D eigenvalue weighted by molar-refractivity contribution is 5.97. The highest BCUT2D eigenvalue weighted by Crippen LogP contribution is 2.44. The third-order valence-corrected chi connectivity index (χ3v) is 14.4. The van der Waals surface area contributed by atoms with Crippen LogP contribution in [0.15, 0.2) is 78.9 Å². The van der Waals surface area contributed by atoms with Gasteiger partial charge >= 0.3 is 24.0 Å². The maximum Gasteiger partial charge on any atom is 0.407 e. The summed E-state index contributed by atoms with van der Waals surface area (Å²) < 4.78 is 22.9. The van der Waals surface area contributed by atoms with Gasteiger partial charge < -0.3 is 45.5 Å². The fourth-order valence-corrected chi connectivity index (χ4v) is 9.72. The summed E-state index contributed by atoms with van der Waals surface area (Å²) in [4.78, 5) is 111. The Balaban J connectivity index is 1.46. The molecule has 3 aromatic rings. The molecule has 4 rings (SSSR count). The van der Waals surface area contributed by atoms with Gasteiger partial charge in [0.2, 0.25) is 23.6 Å². The molecule has 17 heteroatoms. The minimum atomic E-state index is -1.59. The van der Waals surface area contributed by atoms with Crippen molar-refractivity contribution in [1.29, 1.82) is 0 Å². The van der Waals surface area contributed by atoms with Gasteiger partial charge in [0.1, 0.15) is 55.1 Å². The lowest BCUT2D eigenvalue weighted by Crippen LogP contribution is -2.60. The molecule has 0 saturated heterocycles. The molecule has 1 aliphatic rings. The van der Waals surface area contributed by atoms with Gasteiger partial charge in [-0.1, -0.05) is 185 Å². The number of nitrogens with one attached hydrogen (secondary N) is 5. The first-order chi connectivity index (χ1) is 38.5. The third-order valence-electron chi connectivity index (χ3n) is 14.4. The Bertz CT molecular complexity index is 2460. The molecule has 0 aromatic heterocycles. The fraction of sp³-hybridized carbons (Fsp3) is 0.594. The van der Waals surface area contributed by atoms with Crippen LogP contribution in [0.1, 0.15) is 189 Å². The number of hydrogen-bond acceptors (Lipinski definition) is 12. The number of hydrogen-bond donors (Lipinski definition) is 5. The first-order valence-electron chi connectivity index (χ1n) is 29.5. The topological polar surface area (TPSA) is 234 Å². The molecule has 3 aromatic carbocycles. The molecule has 0 aliphatic heterocycles. The van der Waals surface area contributed by atoms with Gasteiger partial charge in [-0.05, 0) is 92.5 Å². The second-order valence-corrected chi connectivity index (χ2v) is 23.4. The molecule has 0 radical (unpaired) electrons. The van der Waals surface area contributed by atoms with Crippen molar-refractivity contribution in [3.63, 3.8) is 0 Å². The maximum absolute atomic E-state index is 14.4. The van der Waals surface area contributed by atoms with Crippen molar-refractivity contribution in [3.8, 4) is 11.1 Å². The summed E-state index contributed by atoms with van der Waals surface area (Å²) in [6.45, 7) is 19.4. The minimum Gasteiger partial charge on any atom is -0.461 e. The zero-order valence-electron chi connectivity index (χ0n) is 50.0. The molecular weight excluding hydrogens is 1030 g/mol. The van der Waals surface area contributed by atoms with Crippen molar-refractivity contribution >= 4 is 47.6 Å². The fourth-order valence-electron chi connectivity index (χ4n) is 9.72. The van der Waals surface area contributed by atoms with Crippen molar-refractivity contribution in [1.82, 2.24) is 26.6 Å². The summed E-state index contributed by atoms with van der Waals surface area (Å²) >= 11 is 0. The molecule has 81 heavy (non-hydrogen) atoms. The monoisotopic (exact) mass is 1120 g/mol. The van der Waals surface area contributed by atoms with Crippen LogP contribution in [0.4, 0.5) is 4.79 Å². The number of benzene rings is 3. The van der Waals surface area contributed by atoms with Gasteiger partial charge in [0.25, 0.3) is 0 Å². The zero-order chi connectivity index (χ0) is 59.6.